The summed E-state index contributed by atoms with van der Waals surface area (Å²) in [6, 6.07) is 6.95. The van der Waals surface area contributed by atoms with Crippen LogP contribution in [0.3, 0.4) is 0 Å². The molecule has 0 saturated carbocycles. The Morgan fingerprint density at radius 1 is 1.25 bits per heavy atom. The summed E-state index contributed by atoms with van der Waals surface area (Å²) in [7, 11) is 1.83. The van der Waals surface area contributed by atoms with Gasteiger partial charge in [0.05, 0.1) is 6.33 Å². The van der Waals surface area contributed by atoms with Crippen molar-refractivity contribution < 1.29 is 4.74 Å². The minimum absolute atomic E-state index is 0.255. The van der Waals surface area contributed by atoms with Crippen molar-refractivity contribution in [1.82, 2.24) is 19.5 Å². The minimum atomic E-state index is 0.255. The van der Waals surface area contributed by atoms with Gasteiger partial charge in [0, 0.05) is 12.1 Å². The molecule has 0 atom stereocenters. The molecule has 102 valence electrons. The van der Waals surface area contributed by atoms with Gasteiger partial charge in [-0.2, -0.15) is 9.97 Å². The van der Waals surface area contributed by atoms with E-state index in [1.54, 1.807) is 35.2 Å². The third kappa shape index (κ3) is 2.24. The smallest absolute Gasteiger partial charge is 0.252 e. The molecule has 0 radical (unpaired) electrons. The van der Waals surface area contributed by atoms with Crippen LogP contribution in [-0.2, 0) is 7.05 Å². The number of aromatic nitrogens is 4. The Bertz CT molecular complexity index is 754. The monoisotopic (exact) mass is 290 g/mol. The third-order valence-electron chi connectivity index (χ3n) is 2.69. The summed E-state index contributed by atoms with van der Waals surface area (Å²) < 4.78 is 7.48. The maximum atomic E-state index is 5.84. The zero-order valence-electron chi connectivity index (χ0n) is 10.5. The highest BCUT2D eigenvalue weighted by Gasteiger charge is 2.13. The molecule has 0 spiro atoms. The van der Waals surface area contributed by atoms with Gasteiger partial charge in [0.25, 0.3) is 5.88 Å². The van der Waals surface area contributed by atoms with Crippen molar-refractivity contribution in [2.45, 2.75) is 0 Å². The molecule has 0 aliphatic rings. The van der Waals surface area contributed by atoms with Crippen molar-refractivity contribution in [2.75, 3.05) is 5.43 Å². The summed E-state index contributed by atoms with van der Waals surface area (Å²) in [5.41, 5.74) is 3.59. The first-order valence-electron chi connectivity index (χ1n) is 5.76. The van der Waals surface area contributed by atoms with Crippen LogP contribution < -0.4 is 16.0 Å². The molecule has 3 aromatic rings. The molecule has 7 nitrogen and oxygen atoms in total. The highest BCUT2D eigenvalue weighted by Crippen LogP contribution is 2.27. The van der Waals surface area contributed by atoms with Crippen LogP contribution >= 0.6 is 11.6 Å². The van der Waals surface area contributed by atoms with Gasteiger partial charge in [0.1, 0.15) is 5.75 Å². The molecule has 2 aromatic heterocycles. The number of benzene rings is 1. The molecule has 1 aromatic carbocycles. The summed E-state index contributed by atoms with van der Waals surface area (Å²) in [6.45, 7) is 0. The minimum Gasteiger partial charge on any atom is -0.437 e. The van der Waals surface area contributed by atoms with Crippen LogP contribution in [0.4, 0.5) is 5.95 Å². The summed E-state index contributed by atoms with van der Waals surface area (Å²) in [5, 5.41) is 0.632. The van der Waals surface area contributed by atoms with E-state index in [0.29, 0.717) is 27.8 Å². The van der Waals surface area contributed by atoms with E-state index in [2.05, 4.69) is 20.4 Å². The SMILES string of the molecule is Cn1cnc2c(Oc3ccc(Cl)cc3)nc(NN)nc21. The van der Waals surface area contributed by atoms with Crippen LogP contribution in [0.2, 0.25) is 5.02 Å². The van der Waals surface area contributed by atoms with E-state index >= 15 is 0 Å². The molecule has 2 heterocycles. The molecule has 8 heteroatoms. The van der Waals surface area contributed by atoms with Crippen molar-refractivity contribution in [3.8, 4) is 11.6 Å². The number of hydrogen-bond acceptors (Lipinski definition) is 6. The van der Waals surface area contributed by atoms with Crippen LogP contribution in [0.25, 0.3) is 11.2 Å². The Kier molecular flexibility index (Phi) is 3.13. The maximum absolute atomic E-state index is 5.84. The standard InChI is InChI=1S/C12H11ClN6O/c1-19-6-15-9-10(19)16-12(18-14)17-11(9)20-8-4-2-7(13)3-5-8/h2-6H,14H2,1H3,(H,16,17,18). The maximum Gasteiger partial charge on any atom is 0.252 e. The second-order valence-corrected chi connectivity index (χ2v) is 4.52. The summed E-state index contributed by atoms with van der Waals surface area (Å²) in [4.78, 5) is 12.6. The van der Waals surface area contributed by atoms with E-state index in [1.807, 2.05) is 7.05 Å². The van der Waals surface area contributed by atoms with E-state index in [1.165, 1.54) is 0 Å². The fraction of sp³-hybridized carbons (Fsp3) is 0.0833. The molecule has 0 bridgehead atoms. The number of nitrogen functional groups attached to an aromatic ring is 1. The van der Waals surface area contributed by atoms with E-state index in [-0.39, 0.29) is 5.95 Å². The van der Waals surface area contributed by atoms with Gasteiger partial charge < -0.3 is 9.30 Å². The number of hydrogen-bond donors (Lipinski definition) is 2. The fourth-order valence-corrected chi connectivity index (χ4v) is 1.86. The lowest BCUT2D eigenvalue weighted by atomic mass is 10.3. The van der Waals surface area contributed by atoms with Gasteiger partial charge in [0.2, 0.25) is 5.95 Å². The van der Waals surface area contributed by atoms with Crippen molar-refractivity contribution in [2.24, 2.45) is 12.9 Å². The molecule has 20 heavy (non-hydrogen) atoms. The lowest BCUT2D eigenvalue weighted by molar-refractivity contribution is 0.468. The lowest BCUT2D eigenvalue weighted by Crippen LogP contribution is -2.11. The van der Waals surface area contributed by atoms with Crippen LogP contribution in [-0.4, -0.2) is 19.5 Å². The van der Waals surface area contributed by atoms with E-state index in [4.69, 9.17) is 22.2 Å². The summed E-state index contributed by atoms with van der Waals surface area (Å²) >= 11 is 5.84. The molecule has 0 aliphatic heterocycles. The number of ether oxygens (including phenoxy) is 1. The normalized spacial score (nSPS) is 10.8. The molecule has 0 amide bonds. The Labute approximate surface area is 119 Å². The number of fused-ring (bicyclic) bond motifs is 1. The van der Waals surface area contributed by atoms with Crippen LogP contribution in [0.5, 0.6) is 11.6 Å². The van der Waals surface area contributed by atoms with Crippen molar-refractivity contribution in [3.63, 3.8) is 0 Å². The third-order valence-corrected chi connectivity index (χ3v) is 2.94. The Hall–Kier alpha value is -2.38. The lowest BCUT2D eigenvalue weighted by Gasteiger charge is -2.07. The van der Waals surface area contributed by atoms with Gasteiger partial charge in [-0.3, -0.25) is 5.43 Å². The molecular formula is C12H11ClN6O. The Morgan fingerprint density at radius 2 is 2.00 bits per heavy atom. The average molecular weight is 291 g/mol. The van der Waals surface area contributed by atoms with Gasteiger partial charge in [-0.05, 0) is 24.3 Å². The number of aryl methyl sites for hydroxylation is 1. The largest absolute Gasteiger partial charge is 0.437 e. The van der Waals surface area contributed by atoms with Crippen LogP contribution in [0, 0.1) is 0 Å². The topological polar surface area (TPSA) is 90.9 Å². The van der Waals surface area contributed by atoms with Gasteiger partial charge in [-0.25, -0.2) is 10.8 Å². The zero-order valence-corrected chi connectivity index (χ0v) is 11.3. The predicted octanol–water partition coefficient (Wildman–Crippen LogP) is 2.09. The van der Waals surface area contributed by atoms with Crippen LogP contribution in [0.1, 0.15) is 0 Å². The second-order valence-electron chi connectivity index (χ2n) is 4.08. The number of nitrogens with zero attached hydrogens (tertiary/aromatic N) is 4. The first-order chi connectivity index (χ1) is 9.67. The Balaban J connectivity index is 2.07. The first kappa shape index (κ1) is 12.6. The van der Waals surface area contributed by atoms with E-state index in [9.17, 15) is 0 Å². The highest BCUT2D eigenvalue weighted by molar-refractivity contribution is 6.30. The molecular weight excluding hydrogens is 280 g/mol. The average Bonchev–Trinajstić information content (AvgIpc) is 2.83. The van der Waals surface area contributed by atoms with Crippen molar-refractivity contribution >= 4 is 28.7 Å². The van der Waals surface area contributed by atoms with E-state index < -0.39 is 0 Å². The number of anilines is 1. The van der Waals surface area contributed by atoms with Gasteiger partial charge >= 0.3 is 0 Å². The molecule has 0 saturated heterocycles. The molecule has 3 N–H and O–H groups in total. The molecule has 0 unspecified atom stereocenters. The number of nitrogens with two attached hydrogens (primary N) is 1. The number of hydrazine groups is 1. The predicted molar refractivity (Wildman–Crippen MR) is 75.6 cm³/mol. The first-order valence-corrected chi connectivity index (χ1v) is 6.14. The quantitative estimate of drug-likeness (QED) is 0.567. The van der Waals surface area contributed by atoms with Crippen molar-refractivity contribution in [3.05, 3.63) is 35.6 Å². The summed E-state index contributed by atoms with van der Waals surface area (Å²) in [5.74, 6) is 6.54. The van der Waals surface area contributed by atoms with Crippen molar-refractivity contribution in [1.29, 1.82) is 0 Å². The highest BCUT2D eigenvalue weighted by atomic mass is 35.5. The fourth-order valence-electron chi connectivity index (χ4n) is 1.73. The van der Waals surface area contributed by atoms with Gasteiger partial charge in [-0.1, -0.05) is 11.6 Å². The van der Waals surface area contributed by atoms with Gasteiger partial charge in [-0.15, -0.1) is 0 Å². The zero-order chi connectivity index (χ0) is 14.1. The van der Waals surface area contributed by atoms with Gasteiger partial charge in [0.15, 0.2) is 11.2 Å². The van der Waals surface area contributed by atoms with Crippen LogP contribution in [0.15, 0.2) is 30.6 Å². The number of imidazole rings is 1. The number of nitrogens with one attached hydrogen (secondary N) is 1. The molecule has 0 aliphatic carbocycles. The number of halogens is 1. The molecule has 0 fully saturated rings. The van der Waals surface area contributed by atoms with E-state index in [0.717, 1.165) is 0 Å². The molecule has 3 rings (SSSR count). The second kappa shape index (κ2) is 4.95. The number of rotatable bonds is 3. The Morgan fingerprint density at radius 3 is 2.70 bits per heavy atom. The summed E-state index contributed by atoms with van der Waals surface area (Å²) in [6.07, 6.45) is 1.63.